The summed E-state index contributed by atoms with van der Waals surface area (Å²) < 4.78 is 3.06. The Kier molecular flexibility index (Phi) is 4.52. The molecule has 2 aromatic rings. The van der Waals surface area contributed by atoms with Crippen molar-refractivity contribution in [1.29, 1.82) is 0 Å². The lowest BCUT2D eigenvalue weighted by molar-refractivity contribution is -0.690. The predicted octanol–water partition coefficient (Wildman–Crippen LogP) is 2.83. The van der Waals surface area contributed by atoms with E-state index in [1.807, 2.05) is 61.0 Å². The molecular formula is C15H16IN2O+. The maximum Gasteiger partial charge on any atom is 0.290 e. The van der Waals surface area contributed by atoms with Gasteiger partial charge in [-0.05, 0) is 53.8 Å². The normalized spacial score (nSPS) is 10.3. The fraction of sp³-hybridized carbons (Fsp3) is 0.200. The standard InChI is InChI=1S/C15H15IN2O/c1-11-5-4-8-18(12(11)2)10-15(19)17-14-7-3-6-13(16)9-14/h3-9H,10H2,1-2H3/p+1. The lowest BCUT2D eigenvalue weighted by atomic mass is 10.2. The minimum atomic E-state index is -0.0132. The zero-order chi connectivity index (χ0) is 13.8. The van der Waals surface area contributed by atoms with Crippen molar-refractivity contribution < 1.29 is 9.36 Å². The summed E-state index contributed by atoms with van der Waals surface area (Å²) >= 11 is 2.23. The van der Waals surface area contributed by atoms with Gasteiger partial charge in [0.05, 0.1) is 0 Å². The fourth-order valence-corrected chi connectivity index (χ4v) is 2.39. The molecule has 98 valence electrons. The first-order chi connectivity index (χ1) is 9.06. The molecule has 0 bridgehead atoms. The lowest BCUT2D eigenvalue weighted by Crippen LogP contribution is -2.43. The van der Waals surface area contributed by atoms with Crippen LogP contribution in [0.4, 0.5) is 5.69 Å². The first kappa shape index (κ1) is 14.0. The number of aryl methyl sites for hydroxylation is 1. The van der Waals surface area contributed by atoms with Gasteiger partial charge < -0.3 is 5.32 Å². The Bertz CT molecular complexity index is 611. The van der Waals surface area contributed by atoms with Gasteiger partial charge in [-0.2, -0.15) is 4.57 Å². The molecule has 0 atom stereocenters. The molecule has 1 amide bonds. The number of hydrogen-bond acceptors (Lipinski definition) is 1. The first-order valence-corrected chi connectivity index (χ1v) is 7.15. The highest BCUT2D eigenvalue weighted by atomic mass is 127. The van der Waals surface area contributed by atoms with Crippen LogP contribution in [0.2, 0.25) is 0 Å². The Balaban J connectivity index is 2.08. The summed E-state index contributed by atoms with van der Waals surface area (Å²) in [6.07, 6.45) is 1.93. The SMILES string of the molecule is Cc1ccc[n+](CC(=O)Nc2cccc(I)c2)c1C. The number of nitrogens with zero attached hydrogens (tertiary/aromatic N) is 1. The van der Waals surface area contributed by atoms with Gasteiger partial charge in [-0.25, -0.2) is 0 Å². The van der Waals surface area contributed by atoms with E-state index in [1.165, 1.54) is 5.56 Å². The number of carbonyl (C=O) groups is 1. The van der Waals surface area contributed by atoms with Gasteiger partial charge in [0.1, 0.15) is 0 Å². The van der Waals surface area contributed by atoms with Crippen LogP contribution in [0.3, 0.4) is 0 Å². The van der Waals surface area contributed by atoms with E-state index in [2.05, 4.69) is 27.9 Å². The summed E-state index contributed by atoms with van der Waals surface area (Å²) in [4.78, 5) is 12.0. The molecule has 0 unspecified atom stereocenters. The predicted molar refractivity (Wildman–Crippen MR) is 83.9 cm³/mol. The molecule has 0 aliphatic heterocycles. The summed E-state index contributed by atoms with van der Waals surface area (Å²) in [6, 6.07) is 11.8. The number of amides is 1. The van der Waals surface area contributed by atoms with Crippen molar-refractivity contribution in [2.24, 2.45) is 0 Å². The summed E-state index contributed by atoms with van der Waals surface area (Å²) in [6.45, 7) is 4.40. The van der Waals surface area contributed by atoms with Gasteiger partial charge in [0.25, 0.3) is 5.91 Å². The van der Waals surface area contributed by atoms with Gasteiger partial charge in [-0.1, -0.05) is 6.07 Å². The van der Waals surface area contributed by atoms with E-state index in [1.54, 1.807) is 0 Å². The number of halogens is 1. The highest BCUT2D eigenvalue weighted by Gasteiger charge is 2.13. The van der Waals surface area contributed by atoms with Crippen LogP contribution in [0.5, 0.6) is 0 Å². The number of benzene rings is 1. The minimum absolute atomic E-state index is 0.0132. The van der Waals surface area contributed by atoms with Gasteiger partial charge in [-0.3, -0.25) is 4.79 Å². The van der Waals surface area contributed by atoms with Crippen LogP contribution in [-0.2, 0) is 11.3 Å². The van der Waals surface area contributed by atoms with E-state index in [4.69, 9.17) is 0 Å². The van der Waals surface area contributed by atoms with E-state index in [9.17, 15) is 4.79 Å². The third kappa shape index (κ3) is 3.76. The molecule has 0 radical (unpaired) electrons. The topological polar surface area (TPSA) is 33.0 Å². The van der Waals surface area contributed by atoms with Gasteiger partial charge in [-0.15, -0.1) is 0 Å². The second kappa shape index (κ2) is 6.14. The number of anilines is 1. The largest absolute Gasteiger partial charge is 0.321 e. The van der Waals surface area contributed by atoms with Crippen LogP contribution in [0, 0.1) is 17.4 Å². The molecule has 1 N–H and O–H groups in total. The zero-order valence-corrected chi connectivity index (χ0v) is 13.1. The molecule has 0 aliphatic rings. The Morgan fingerprint density at radius 2 is 2.05 bits per heavy atom. The molecule has 0 saturated carbocycles. The summed E-state index contributed by atoms with van der Waals surface area (Å²) in [5.74, 6) is -0.0132. The number of nitrogens with one attached hydrogen (secondary N) is 1. The van der Waals surface area contributed by atoms with Crippen molar-refractivity contribution in [3.63, 3.8) is 0 Å². The molecule has 0 spiro atoms. The molecular weight excluding hydrogens is 351 g/mol. The average molecular weight is 367 g/mol. The van der Waals surface area contributed by atoms with E-state index in [0.29, 0.717) is 6.54 Å². The molecule has 1 aromatic heterocycles. The number of rotatable bonds is 3. The monoisotopic (exact) mass is 367 g/mol. The van der Waals surface area contributed by atoms with E-state index in [0.717, 1.165) is 15.0 Å². The Morgan fingerprint density at radius 1 is 1.26 bits per heavy atom. The molecule has 3 nitrogen and oxygen atoms in total. The third-order valence-electron chi connectivity index (χ3n) is 3.04. The molecule has 1 aromatic carbocycles. The first-order valence-electron chi connectivity index (χ1n) is 6.07. The van der Waals surface area contributed by atoms with E-state index < -0.39 is 0 Å². The summed E-state index contributed by atoms with van der Waals surface area (Å²) in [5, 5.41) is 2.91. The van der Waals surface area contributed by atoms with Gasteiger partial charge in [0.15, 0.2) is 11.9 Å². The molecule has 0 fully saturated rings. The molecule has 1 heterocycles. The Hall–Kier alpha value is -1.43. The van der Waals surface area contributed by atoms with Crippen LogP contribution >= 0.6 is 22.6 Å². The summed E-state index contributed by atoms with van der Waals surface area (Å²) in [5.41, 5.74) is 3.13. The van der Waals surface area contributed by atoms with Crippen molar-refractivity contribution >= 4 is 34.2 Å². The van der Waals surface area contributed by atoms with Gasteiger partial charge >= 0.3 is 0 Å². The van der Waals surface area contributed by atoms with Crippen molar-refractivity contribution in [2.75, 3.05) is 5.32 Å². The number of aromatic nitrogens is 1. The number of pyridine rings is 1. The Morgan fingerprint density at radius 3 is 2.79 bits per heavy atom. The quantitative estimate of drug-likeness (QED) is 0.657. The van der Waals surface area contributed by atoms with Crippen LogP contribution < -0.4 is 9.88 Å². The van der Waals surface area contributed by atoms with Crippen LogP contribution in [0.15, 0.2) is 42.6 Å². The average Bonchev–Trinajstić information content (AvgIpc) is 2.35. The third-order valence-corrected chi connectivity index (χ3v) is 3.71. The second-order valence-electron chi connectivity index (χ2n) is 4.46. The van der Waals surface area contributed by atoms with Crippen molar-refractivity contribution in [2.45, 2.75) is 20.4 Å². The second-order valence-corrected chi connectivity index (χ2v) is 5.71. The van der Waals surface area contributed by atoms with Crippen molar-refractivity contribution in [3.05, 3.63) is 57.4 Å². The smallest absolute Gasteiger partial charge is 0.290 e. The Labute approximate surface area is 126 Å². The molecule has 19 heavy (non-hydrogen) atoms. The zero-order valence-electron chi connectivity index (χ0n) is 11.0. The molecule has 0 saturated heterocycles. The van der Waals surface area contributed by atoms with Crippen molar-refractivity contribution in [3.8, 4) is 0 Å². The molecule has 2 rings (SSSR count). The molecule has 4 heteroatoms. The molecule has 0 aliphatic carbocycles. The van der Waals surface area contributed by atoms with Crippen LogP contribution in [-0.4, -0.2) is 5.91 Å². The maximum atomic E-state index is 12.0. The van der Waals surface area contributed by atoms with E-state index in [-0.39, 0.29) is 5.91 Å². The minimum Gasteiger partial charge on any atom is -0.321 e. The van der Waals surface area contributed by atoms with E-state index >= 15 is 0 Å². The summed E-state index contributed by atoms with van der Waals surface area (Å²) in [7, 11) is 0. The number of hydrogen-bond donors (Lipinski definition) is 1. The maximum absolute atomic E-state index is 12.0. The van der Waals surface area contributed by atoms with Crippen LogP contribution in [0.1, 0.15) is 11.3 Å². The van der Waals surface area contributed by atoms with Crippen LogP contribution in [0.25, 0.3) is 0 Å². The highest BCUT2D eigenvalue weighted by Crippen LogP contribution is 2.12. The lowest BCUT2D eigenvalue weighted by Gasteiger charge is -2.05. The van der Waals surface area contributed by atoms with Crippen molar-refractivity contribution in [1.82, 2.24) is 0 Å². The number of carbonyl (C=O) groups excluding carboxylic acids is 1. The highest BCUT2D eigenvalue weighted by molar-refractivity contribution is 14.1. The van der Waals surface area contributed by atoms with Gasteiger partial charge in [0.2, 0.25) is 6.54 Å². The fourth-order valence-electron chi connectivity index (χ4n) is 1.84. The van der Waals surface area contributed by atoms with Gasteiger partial charge in [0, 0.05) is 27.8 Å².